The lowest BCUT2D eigenvalue weighted by atomic mass is 9.93. The van der Waals surface area contributed by atoms with E-state index < -0.39 is 18.0 Å². The summed E-state index contributed by atoms with van der Waals surface area (Å²) in [5.41, 5.74) is 0. The number of rotatable bonds is 14. The Balaban J connectivity index is 3.44. The summed E-state index contributed by atoms with van der Waals surface area (Å²) >= 11 is 0. The lowest BCUT2D eigenvalue weighted by molar-refractivity contribution is -0.146. The van der Waals surface area contributed by atoms with Gasteiger partial charge in [-0.15, -0.1) is 0 Å². The predicted octanol–water partition coefficient (Wildman–Crippen LogP) is 4.77. The molecule has 0 aliphatic rings. The van der Waals surface area contributed by atoms with E-state index in [0.717, 1.165) is 12.8 Å². The molecule has 0 amide bonds. The monoisotopic (exact) mass is 286 g/mol. The average molecular weight is 286 g/mol. The third kappa shape index (κ3) is 10.2. The van der Waals surface area contributed by atoms with Crippen molar-refractivity contribution in [2.45, 2.75) is 97.0 Å². The number of carboxylic acid groups (broad SMARTS) is 1. The Labute approximate surface area is 124 Å². The van der Waals surface area contributed by atoms with Crippen molar-refractivity contribution in [1.29, 1.82) is 0 Å². The van der Waals surface area contributed by atoms with E-state index in [-0.39, 0.29) is 0 Å². The molecule has 0 saturated carbocycles. The third-order valence-electron chi connectivity index (χ3n) is 4.07. The van der Waals surface area contributed by atoms with Gasteiger partial charge in [-0.25, -0.2) is 0 Å². The van der Waals surface area contributed by atoms with Crippen molar-refractivity contribution in [2.75, 3.05) is 0 Å². The highest BCUT2D eigenvalue weighted by Crippen LogP contribution is 2.18. The fourth-order valence-corrected chi connectivity index (χ4v) is 2.62. The van der Waals surface area contributed by atoms with Gasteiger partial charge in [0, 0.05) is 0 Å². The van der Waals surface area contributed by atoms with Crippen LogP contribution in [0.3, 0.4) is 0 Å². The first kappa shape index (κ1) is 19.4. The number of aliphatic hydroxyl groups excluding tert-OH is 1. The third-order valence-corrected chi connectivity index (χ3v) is 4.07. The highest BCUT2D eigenvalue weighted by Gasteiger charge is 2.24. The van der Waals surface area contributed by atoms with Gasteiger partial charge in [-0.3, -0.25) is 4.79 Å². The van der Waals surface area contributed by atoms with Crippen LogP contribution in [0.5, 0.6) is 0 Å². The number of aliphatic carboxylic acids is 1. The van der Waals surface area contributed by atoms with Crippen molar-refractivity contribution >= 4 is 5.97 Å². The molecule has 120 valence electrons. The first-order valence-electron chi connectivity index (χ1n) is 8.54. The summed E-state index contributed by atoms with van der Waals surface area (Å²) in [7, 11) is 0. The van der Waals surface area contributed by atoms with E-state index in [4.69, 9.17) is 5.11 Å². The second kappa shape index (κ2) is 13.4. The molecule has 0 rings (SSSR count). The maximum atomic E-state index is 11.0. The van der Waals surface area contributed by atoms with Crippen LogP contribution in [-0.2, 0) is 4.79 Å². The van der Waals surface area contributed by atoms with Crippen LogP contribution >= 0.6 is 0 Å². The van der Waals surface area contributed by atoms with Crippen LogP contribution in [0, 0.1) is 5.92 Å². The van der Waals surface area contributed by atoms with Crippen molar-refractivity contribution in [1.82, 2.24) is 0 Å². The maximum absolute atomic E-state index is 11.0. The van der Waals surface area contributed by atoms with E-state index in [1.54, 1.807) is 0 Å². The highest BCUT2D eigenvalue weighted by atomic mass is 16.4. The summed E-state index contributed by atoms with van der Waals surface area (Å²) in [5.74, 6) is -1.43. The minimum atomic E-state index is -0.852. The molecule has 0 aromatic heterocycles. The van der Waals surface area contributed by atoms with E-state index in [1.165, 1.54) is 51.4 Å². The fourth-order valence-electron chi connectivity index (χ4n) is 2.62. The molecule has 3 heteroatoms. The van der Waals surface area contributed by atoms with Crippen LogP contribution in [0.25, 0.3) is 0 Å². The SMILES string of the molecule is CCCCCCCCCCCCC(C(=O)O)C(O)CC. The Morgan fingerprint density at radius 2 is 1.30 bits per heavy atom. The zero-order valence-corrected chi connectivity index (χ0v) is 13.4. The lowest BCUT2D eigenvalue weighted by Crippen LogP contribution is -2.27. The Morgan fingerprint density at radius 1 is 0.850 bits per heavy atom. The summed E-state index contributed by atoms with van der Waals surface area (Å²) in [5, 5.41) is 18.7. The second-order valence-corrected chi connectivity index (χ2v) is 5.89. The Morgan fingerprint density at radius 3 is 1.70 bits per heavy atom. The molecule has 0 aromatic rings. The van der Waals surface area contributed by atoms with Gasteiger partial charge in [-0.1, -0.05) is 78.1 Å². The molecular formula is C17H34O3. The van der Waals surface area contributed by atoms with Crippen molar-refractivity contribution < 1.29 is 15.0 Å². The van der Waals surface area contributed by atoms with Crippen LogP contribution in [-0.4, -0.2) is 22.3 Å². The van der Waals surface area contributed by atoms with Crippen molar-refractivity contribution in [3.05, 3.63) is 0 Å². The van der Waals surface area contributed by atoms with E-state index in [9.17, 15) is 9.90 Å². The lowest BCUT2D eigenvalue weighted by Gasteiger charge is -2.17. The Kier molecular flexibility index (Phi) is 13.0. The number of carbonyl (C=O) groups is 1. The number of unbranched alkanes of at least 4 members (excludes halogenated alkanes) is 9. The smallest absolute Gasteiger partial charge is 0.309 e. The average Bonchev–Trinajstić information content (AvgIpc) is 2.43. The summed E-state index contributed by atoms with van der Waals surface area (Å²) in [6.45, 7) is 4.07. The molecule has 2 N–H and O–H groups in total. The minimum Gasteiger partial charge on any atom is -0.481 e. The van der Waals surface area contributed by atoms with E-state index in [2.05, 4.69) is 6.92 Å². The van der Waals surface area contributed by atoms with Gasteiger partial charge < -0.3 is 10.2 Å². The van der Waals surface area contributed by atoms with Gasteiger partial charge in [0.05, 0.1) is 12.0 Å². The zero-order chi connectivity index (χ0) is 15.2. The van der Waals surface area contributed by atoms with Gasteiger partial charge in [0.2, 0.25) is 0 Å². The molecule has 0 radical (unpaired) electrons. The van der Waals surface area contributed by atoms with Crippen LogP contribution in [0.2, 0.25) is 0 Å². The molecule has 3 nitrogen and oxygen atoms in total. The highest BCUT2D eigenvalue weighted by molar-refractivity contribution is 5.70. The molecule has 2 unspecified atom stereocenters. The topological polar surface area (TPSA) is 57.5 Å². The van der Waals surface area contributed by atoms with E-state index in [0.29, 0.717) is 12.8 Å². The van der Waals surface area contributed by atoms with E-state index in [1.807, 2.05) is 6.92 Å². The van der Waals surface area contributed by atoms with Crippen LogP contribution in [0.1, 0.15) is 90.9 Å². The first-order valence-corrected chi connectivity index (χ1v) is 8.54. The molecule has 0 bridgehead atoms. The van der Waals surface area contributed by atoms with Gasteiger partial charge in [0.25, 0.3) is 0 Å². The molecule has 20 heavy (non-hydrogen) atoms. The number of hydrogen-bond acceptors (Lipinski definition) is 2. The Bertz CT molecular complexity index is 228. The van der Waals surface area contributed by atoms with Gasteiger partial charge >= 0.3 is 5.97 Å². The number of aliphatic hydroxyl groups is 1. The first-order chi connectivity index (χ1) is 9.63. The van der Waals surface area contributed by atoms with Gasteiger partial charge in [0.15, 0.2) is 0 Å². The van der Waals surface area contributed by atoms with Gasteiger partial charge in [0.1, 0.15) is 0 Å². The quantitative estimate of drug-likeness (QED) is 0.452. The van der Waals surface area contributed by atoms with E-state index >= 15 is 0 Å². The maximum Gasteiger partial charge on any atom is 0.309 e. The fraction of sp³-hybridized carbons (Fsp3) is 0.941. The van der Waals surface area contributed by atoms with Crippen molar-refractivity contribution in [3.63, 3.8) is 0 Å². The summed E-state index contributed by atoms with van der Waals surface area (Å²) in [6.07, 6.45) is 13.0. The summed E-state index contributed by atoms with van der Waals surface area (Å²) < 4.78 is 0. The molecule has 0 fully saturated rings. The molecule has 0 aliphatic carbocycles. The molecule has 0 spiro atoms. The summed E-state index contributed by atoms with van der Waals surface area (Å²) in [4.78, 5) is 11.0. The molecule has 0 saturated heterocycles. The van der Waals surface area contributed by atoms with Gasteiger partial charge in [-0.05, 0) is 12.8 Å². The predicted molar refractivity (Wildman–Crippen MR) is 83.9 cm³/mol. The summed E-state index contributed by atoms with van der Waals surface area (Å²) in [6, 6.07) is 0. The number of carboxylic acids is 1. The normalized spacial score (nSPS) is 14.2. The van der Waals surface area contributed by atoms with Crippen molar-refractivity contribution in [3.8, 4) is 0 Å². The van der Waals surface area contributed by atoms with Crippen LogP contribution in [0.4, 0.5) is 0 Å². The number of hydrogen-bond donors (Lipinski definition) is 2. The van der Waals surface area contributed by atoms with Crippen LogP contribution in [0.15, 0.2) is 0 Å². The minimum absolute atomic E-state index is 0.523. The molecule has 0 aliphatic heterocycles. The molecule has 0 aromatic carbocycles. The van der Waals surface area contributed by atoms with Gasteiger partial charge in [-0.2, -0.15) is 0 Å². The van der Waals surface area contributed by atoms with Crippen LogP contribution < -0.4 is 0 Å². The molecule has 0 heterocycles. The largest absolute Gasteiger partial charge is 0.481 e. The molecule has 2 atom stereocenters. The standard InChI is InChI=1S/C17H34O3/c1-3-5-6-7-8-9-10-11-12-13-14-15(17(19)20)16(18)4-2/h15-16,18H,3-14H2,1-2H3,(H,19,20). The second-order valence-electron chi connectivity index (χ2n) is 5.89. The Hall–Kier alpha value is -0.570. The van der Waals surface area contributed by atoms with Crippen molar-refractivity contribution in [2.24, 2.45) is 5.92 Å². The zero-order valence-electron chi connectivity index (χ0n) is 13.4. The molecular weight excluding hydrogens is 252 g/mol.